The van der Waals surface area contributed by atoms with Gasteiger partial charge in [0.25, 0.3) is 5.91 Å². The van der Waals surface area contributed by atoms with Gasteiger partial charge >= 0.3 is 0 Å². The predicted molar refractivity (Wildman–Crippen MR) is 74.0 cm³/mol. The molecule has 2 heterocycles. The number of aryl methyl sites for hydroxylation is 2. The maximum Gasteiger partial charge on any atom is 0.272 e. The van der Waals surface area contributed by atoms with Gasteiger partial charge in [-0.05, 0) is 18.2 Å². The quantitative estimate of drug-likeness (QED) is 0.778. The van der Waals surface area contributed by atoms with Crippen LogP contribution in [0.3, 0.4) is 0 Å². The second-order valence-corrected chi connectivity index (χ2v) is 4.62. The van der Waals surface area contributed by atoms with Crippen molar-refractivity contribution in [2.24, 2.45) is 14.1 Å². The first-order valence-electron chi connectivity index (χ1n) is 6.10. The molecule has 0 radical (unpaired) electrons. The van der Waals surface area contributed by atoms with Crippen molar-refractivity contribution in [3.8, 4) is 0 Å². The molecule has 5 nitrogen and oxygen atoms in total. The molecule has 2 aromatic heterocycles. The fraction of sp³-hybridized carbons (Fsp3) is 0.143. The third kappa shape index (κ3) is 1.95. The standard InChI is InChI=1S/C14H13FN4O/c1-18-8-9(7-16-18)17-14(20)13-6-10-11(15)4-3-5-12(10)19(13)2/h3-8H,1-2H3,(H,17,20). The first-order valence-corrected chi connectivity index (χ1v) is 6.10. The Balaban J connectivity index is 1.99. The molecule has 1 N–H and O–H groups in total. The normalized spacial score (nSPS) is 10.9. The van der Waals surface area contributed by atoms with Gasteiger partial charge in [0, 0.05) is 25.7 Å². The van der Waals surface area contributed by atoms with E-state index in [0.29, 0.717) is 22.3 Å². The average molecular weight is 272 g/mol. The largest absolute Gasteiger partial charge is 0.340 e. The third-order valence-electron chi connectivity index (χ3n) is 3.23. The molecule has 3 rings (SSSR count). The van der Waals surface area contributed by atoms with E-state index in [1.165, 1.54) is 6.07 Å². The summed E-state index contributed by atoms with van der Waals surface area (Å²) >= 11 is 0. The fourth-order valence-electron chi connectivity index (χ4n) is 2.22. The van der Waals surface area contributed by atoms with Crippen LogP contribution in [0.2, 0.25) is 0 Å². The number of aromatic nitrogens is 3. The number of amides is 1. The minimum absolute atomic E-state index is 0.295. The van der Waals surface area contributed by atoms with E-state index in [1.54, 1.807) is 53.9 Å². The summed E-state index contributed by atoms with van der Waals surface area (Å²) in [5.41, 5.74) is 1.68. The van der Waals surface area contributed by atoms with Crippen molar-refractivity contribution >= 4 is 22.5 Å². The van der Waals surface area contributed by atoms with E-state index in [0.717, 1.165) is 0 Å². The minimum Gasteiger partial charge on any atom is -0.340 e. The highest BCUT2D eigenvalue weighted by Crippen LogP contribution is 2.22. The summed E-state index contributed by atoms with van der Waals surface area (Å²) < 4.78 is 17.0. The molecule has 0 aliphatic heterocycles. The van der Waals surface area contributed by atoms with Crippen LogP contribution in [0, 0.1) is 5.82 Å². The lowest BCUT2D eigenvalue weighted by Crippen LogP contribution is -2.15. The smallest absolute Gasteiger partial charge is 0.272 e. The lowest BCUT2D eigenvalue weighted by Gasteiger charge is -2.04. The van der Waals surface area contributed by atoms with Gasteiger partial charge < -0.3 is 9.88 Å². The Morgan fingerprint density at radius 3 is 2.80 bits per heavy atom. The van der Waals surface area contributed by atoms with E-state index in [4.69, 9.17) is 0 Å². The monoisotopic (exact) mass is 272 g/mol. The molecule has 0 bridgehead atoms. The molecule has 0 aliphatic rings. The molecule has 102 valence electrons. The number of benzene rings is 1. The van der Waals surface area contributed by atoms with Gasteiger partial charge in [0.2, 0.25) is 0 Å². The maximum atomic E-state index is 13.7. The molecule has 1 aromatic carbocycles. The molecule has 0 saturated carbocycles. The van der Waals surface area contributed by atoms with Crippen LogP contribution in [0.15, 0.2) is 36.7 Å². The van der Waals surface area contributed by atoms with Gasteiger partial charge in [-0.3, -0.25) is 9.48 Å². The molecule has 0 saturated heterocycles. The molecule has 0 spiro atoms. The summed E-state index contributed by atoms with van der Waals surface area (Å²) in [5, 5.41) is 7.15. The van der Waals surface area contributed by atoms with Gasteiger partial charge in [-0.1, -0.05) is 6.07 Å². The number of fused-ring (bicyclic) bond motifs is 1. The zero-order valence-electron chi connectivity index (χ0n) is 11.1. The summed E-state index contributed by atoms with van der Waals surface area (Å²) in [6.07, 6.45) is 3.25. The first kappa shape index (κ1) is 12.4. The number of rotatable bonds is 2. The summed E-state index contributed by atoms with van der Waals surface area (Å²) in [4.78, 5) is 12.2. The van der Waals surface area contributed by atoms with Crippen molar-refractivity contribution in [1.29, 1.82) is 0 Å². The maximum absolute atomic E-state index is 13.7. The Morgan fingerprint density at radius 1 is 1.35 bits per heavy atom. The van der Waals surface area contributed by atoms with Gasteiger partial charge in [0.05, 0.1) is 17.4 Å². The zero-order valence-corrected chi connectivity index (χ0v) is 11.1. The van der Waals surface area contributed by atoms with Gasteiger partial charge in [-0.2, -0.15) is 5.10 Å². The molecular weight excluding hydrogens is 259 g/mol. The Labute approximate surface area is 114 Å². The van der Waals surface area contributed by atoms with Crippen LogP contribution in [0.5, 0.6) is 0 Å². The summed E-state index contributed by atoms with van der Waals surface area (Å²) in [6, 6.07) is 6.33. The minimum atomic E-state index is -0.335. The summed E-state index contributed by atoms with van der Waals surface area (Å²) in [6.45, 7) is 0. The number of hydrogen-bond donors (Lipinski definition) is 1. The number of halogens is 1. The van der Waals surface area contributed by atoms with Crippen LogP contribution in [0.1, 0.15) is 10.5 Å². The highest BCUT2D eigenvalue weighted by atomic mass is 19.1. The highest BCUT2D eigenvalue weighted by Gasteiger charge is 2.15. The van der Waals surface area contributed by atoms with Crippen LogP contribution < -0.4 is 5.32 Å². The number of nitrogens with zero attached hydrogens (tertiary/aromatic N) is 3. The van der Waals surface area contributed by atoms with Gasteiger partial charge in [0.15, 0.2) is 0 Å². The van der Waals surface area contributed by atoms with Gasteiger partial charge in [-0.15, -0.1) is 0 Å². The Morgan fingerprint density at radius 2 is 2.15 bits per heavy atom. The predicted octanol–water partition coefficient (Wildman–Crippen LogP) is 2.30. The van der Waals surface area contributed by atoms with Crippen LogP contribution >= 0.6 is 0 Å². The van der Waals surface area contributed by atoms with E-state index < -0.39 is 0 Å². The van der Waals surface area contributed by atoms with E-state index in [2.05, 4.69) is 10.4 Å². The molecule has 1 amide bonds. The van der Waals surface area contributed by atoms with Crippen molar-refractivity contribution < 1.29 is 9.18 Å². The summed E-state index contributed by atoms with van der Waals surface area (Å²) in [7, 11) is 3.50. The zero-order chi connectivity index (χ0) is 14.3. The second-order valence-electron chi connectivity index (χ2n) is 4.62. The van der Waals surface area contributed by atoms with Crippen molar-refractivity contribution in [1.82, 2.24) is 14.3 Å². The SMILES string of the molecule is Cn1cc(NC(=O)c2cc3c(F)cccc3n2C)cn1. The molecule has 3 aromatic rings. The highest BCUT2D eigenvalue weighted by molar-refractivity contribution is 6.06. The average Bonchev–Trinajstić information content (AvgIpc) is 2.95. The van der Waals surface area contributed by atoms with Crippen LogP contribution in [0.25, 0.3) is 10.9 Å². The Bertz CT molecular complexity index is 803. The molecule has 0 fully saturated rings. The van der Waals surface area contributed by atoms with Gasteiger partial charge in [0.1, 0.15) is 11.5 Å². The molecule has 0 atom stereocenters. The lowest BCUT2D eigenvalue weighted by molar-refractivity contribution is 0.102. The molecule has 6 heteroatoms. The second kappa shape index (κ2) is 4.48. The van der Waals surface area contributed by atoms with Crippen molar-refractivity contribution in [2.75, 3.05) is 5.32 Å². The van der Waals surface area contributed by atoms with Gasteiger partial charge in [-0.25, -0.2) is 4.39 Å². The topological polar surface area (TPSA) is 51.9 Å². The number of hydrogen-bond acceptors (Lipinski definition) is 2. The number of nitrogens with one attached hydrogen (secondary N) is 1. The van der Waals surface area contributed by atoms with Crippen molar-refractivity contribution in [3.05, 3.63) is 48.2 Å². The first-order chi connectivity index (χ1) is 9.56. The molecular formula is C14H13FN4O. The molecule has 0 unspecified atom stereocenters. The number of anilines is 1. The van der Waals surface area contributed by atoms with E-state index >= 15 is 0 Å². The van der Waals surface area contributed by atoms with E-state index in [9.17, 15) is 9.18 Å². The lowest BCUT2D eigenvalue weighted by atomic mass is 10.2. The molecule has 20 heavy (non-hydrogen) atoms. The van der Waals surface area contributed by atoms with Crippen molar-refractivity contribution in [3.63, 3.8) is 0 Å². The number of carbonyl (C=O) groups excluding carboxylic acids is 1. The Kier molecular flexibility index (Phi) is 2.78. The third-order valence-corrected chi connectivity index (χ3v) is 3.23. The summed E-state index contributed by atoms with van der Waals surface area (Å²) in [5.74, 6) is -0.630. The van der Waals surface area contributed by atoms with E-state index in [-0.39, 0.29) is 11.7 Å². The fourth-order valence-corrected chi connectivity index (χ4v) is 2.22. The Hall–Kier alpha value is -2.63. The molecule has 0 aliphatic carbocycles. The van der Waals surface area contributed by atoms with Crippen molar-refractivity contribution in [2.45, 2.75) is 0 Å². The van der Waals surface area contributed by atoms with Crippen LogP contribution in [-0.2, 0) is 14.1 Å². The van der Waals surface area contributed by atoms with E-state index in [1.807, 2.05) is 0 Å². The van der Waals surface area contributed by atoms with Crippen LogP contribution in [-0.4, -0.2) is 20.3 Å². The number of carbonyl (C=O) groups is 1. The van der Waals surface area contributed by atoms with Crippen LogP contribution in [0.4, 0.5) is 10.1 Å².